The lowest BCUT2D eigenvalue weighted by Gasteiger charge is -2.36. The number of Topliss-reactive ketones (excluding diaryl/α,β-unsaturated/α-hetero) is 1. The van der Waals surface area contributed by atoms with Crippen molar-refractivity contribution < 1.29 is 38.2 Å². The van der Waals surface area contributed by atoms with Crippen LogP contribution in [-0.2, 0) is 33.4 Å². The number of ketones is 1. The molecule has 3 N–H and O–H groups in total. The molecule has 14 nitrogen and oxygen atoms in total. The first-order valence-electron chi connectivity index (χ1n) is 13.5. The van der Waals surface area contributed by atoms with E-state index in [1.807, 2.05) is 13.8 Å². The molecule has 0 aliphatic carbocycles. The van der Waals surface area contributed by atoms with Crippen LogP contribution >= 0.6 is 0 Å². The minimum atomic E-state index is -1.21. The van der Waals surface area contributed by atoms with Crippen LogP contribution in [0.25, 0.3) is 0 Å². The van der Waals surface area contributed by atoms with Crippen molar-refractivity contribution in [3.63, 3.8) is 0 Å². The molecule has 41 heavy (non-hydrogen) atoms. The van der Waals surface area contributed by atoms with E-state index in [1.54, 1.807) is 0 Å². The topological polar surface area (TPSA) is 186 Å². The summed E-state index contributed by atoms with van der Waals surface area (Å²) in [5, 5.41) is 6.51. The summed E-state index contributed by atoms with van der Waals surface area (Å²) in [5.74, 6) is -3.16. The van der Waals surface area contributed by atoms with Crippen molar-refractivity contribution in [2.24, 2.45) is 5.92 Å². The number of hydrogen-bond acceptors (Lipinski definition) is 11. The predicted molar refractivity (Wildman–Crippen MR) is 145 cm³/mol. The van der Waals surface area contributed by atoms with Gasteiger partial charge in [0.05, 0.1) is 12.2 Å². The van der Waals surface area contributed by atoms with Gasteiger partial charge in [-0.2, -0.15) is 0 Å². The van der Waals surface area contributed by atoms with E-state index in [4.69, 9.17) is 9.47 Å². The highest BCUT2D eigenvalue weighted by Gasteiger charge is 2.34. The molecule has 2 unspecified atom stereocenters. The largest absolute Gasteiger partial charge is 0.461 e. The molecule has 1 fully saturated rings. The summed E-state index contributed by atoms with van der Waals surface area (Å²) in [4.78, 5) is 82.9. The Labute approximate surface area is 238 Å². The fourth-order valence-electron chi connectivity index (χ4n) is 3.90. The highest BCUT2D eigenvalue weighted by molar-refractivity contribution is 5.95. The zero-order valence-electron chi connectivity index (χ0n) is 23.4. The molecule has 2 rings (SSSR count). The number of amides is 3. The van der Waals surface area contributed by atoms with Crippen LogP contribution in [0.1, 0.15) is 62.9 Å². The Bertz CT molecular complexity index is 1080. The average molecular weight is 575 g/mol. The first-order chi connectivity index (χ1) is 19.6. The van der Waals surface area contributed by atoms with Gasteiger partial charge in [-0.1, -0.05) is 26.5 Å². The molecule has 2 heterocycles. The van der Waals surface area contributed by atoms with E-state index in [9.17, 15) is 28.8 Å². The predicted octanol–water partition coefficient (Wildman–Crippen LogP) is 0.245. The zero-order chi connectivity index (χ0) is 30.2. The van der Waals surface area contributed by atoms with Crippen molar-refractivity contribution in [2.45, 2.75) is 64.5 Å². The van der Waals surface area contributed by atoms with Gasteiger partial charge >= 0.3 is 11.9 Å². The molecule has 2 atom stereocenters. The van der Waals surface area contributed by atoms with Crippen LogP contribution in [0.2, 0.25) is 0 Å². The maximum Gasteiger partial charge on any atom is 0.358 e. The Balaban J connectivity index is 2.04. The third-order valence-corrected chi connectivity index (χ3v) is 5.90. The Morgan fingerprint density at radius 1 is 1.17 bits per heavy atom. The Hall–Kier alpha value is -4.20. The molecule has 0 bridgehead atoms. The molecule has 224 valence electrons. The summed E-state index contributed by atoms with van der Waals surface area (Å²) < 4.78 is 9.98. The maximum atomic E-state index is 13.3. The molecule has 1 aromatic rings. The standard InChI is InChI=1S/C27H38N6O8/c1-4-14-40-25(37)8-7-19(22(34)17-41-27(39)20-16-28-12-13-29-20)32-26(38)21-6-5-10-31-33(21)24(36)9-11-30-23(35)15-18(2)3/h4,12-13,16,18-19,21,31H,1,5-11,14-15,17H2,2-3H3,(H,30,35)(H,32,38). The average Bonchev–Trinajstić information content (AvgIpc) is 2.96. The third kappa shape index (κ3) is 11.8. The van der Waals surface area contributed by atoms with Crippen molar-refractivity contribution in [3.8, 4) is 0 Å². The van der Waals surface area contributed by atoms with E-state index in [1.165, 1.54) is 29.7 Å². The van der Waals surface area contributed by atoms with Crippen molar-refractivity contribution in [3.05, 3.63) is 36.9 Å². The summed E-state index contributed by atoms with van der Waals surface area (Å²) in [6, 6.07) is -2.14. The van der Waals surface area contributed by atoms with Crippen LogP contribution in [0.15, 0.2) is 31.2 Å². The van der Waals surface area contributed by atoms with Crippen LogP contribution in [0.5, 0.6) is 0 Å². The van der Waals surface area contributed by atoms with E-state index in [0.29, 0.717) is 25.8 Å². The molecule has 0 saturated carbocycles. The first kappa shape index (κ1) is 33.0. The first-order valence-corrected chi connectivity index (χ1v) is 13.5. The minimum absolute atomic E-state index is 0.0116. The van der Waals surface area contributed by atoms with Crippen LogP contribution in [-0.4, -0.2) is 88.8 Å². The van der Waals surface area contributed by atoms with Gasteiger partial charge in [-0.25, -0.2) is 15.2 Å². The molecule has 1 aromatic heterocycles. The lowest BCUT2D eigenvalue weighted by atomic mass is 10.0. The number of hydrazine groups is 1. The highest BCUT2D eigenvalue weighted by Crippen LogP contribution is 2.14. The second-order valence-corrected chi connectivity index (χ2v) is 9.73. The van der Waals surface area contributed by atoms with Crippen LogP contribution < -0.4 is 16.1 Å². The minimum Gasteiger partial charge on any atom is -0.461 e. The van der Waals surface area contributed by atoms with E-state index >= 15 is 0 Å². The van der Waals surface area contributed by atoms with E-state index in [2.05, 4.69) is 32.6 Å². The van der Waals surface area contributed by atoms with Crippen molar-refractivity contribution in [1.82, 2.24) is 31.0 Å². The van der Waals surface area contributed by atoms with Gasteiger partial charge in [0.15, 0.2) is 18.1 Å². The number of hydrogen-bond donors (Lipinski definition) is 3. The van der Waals surface area contributed by atoms with Crippen molar-refractivity contribution in [2.75, 3.05) is 26.3 Å². The molecule has 1 aliphatic heterocycles. The molecule has 14 heteroatoms. The molecule has 3 amide bonds. The summed E-state index contributed by atoms with van der Waals surface area (Å²) >= 11 is 0. The van der Waals surface area contributed by atoms with Crippen molar-refractivity contribution in [1.29, 1.82) is 0 Å². The maximum absolute atomic E-state index is 13.3. The van der Waals surface area contributed by atoms with E-state index in [0.717, 1.165) is 0 Å². The normalized spacial score (nSPS) is 15.4. The van der Waals surface area contributed by atoms with Gasteiger partial charge in [0.2, 0.25) is 17.7 Å². The molecule has 0 radical (unpaired) electrons. The van der Waals surface area contributed by atoms with Crippen LogP contribution in [0.4, 0.5) is 0 Å². The Morgan fingerprint density at radius 3 is 2.63 bits per heavy atom. The Kier molecular flexibility index (Phi) is 14.1. The summed E-state index contributed by atoms with van der Waals surface area (Å²) in [5.41, 5.74) is 2.81. The number of carbonyl (C=O) groups excluding carboxylic acids is 6. The molecular weight excluding hydrogens is 536 g/mol. The molecular formula is C27H38N6O8. The van der Waals surface area contributed by atoms with Crippen LogP contribution in [0, 0.1) is 5.92 Å². The van der Waals surface area contributed by atoms with Gasteiger partial charge in [-0.05, 0) is 25.2 Å². The van der Waals surface area contributed by atoms with Gasteiger partial charge in [-0.15, -0.1) is 0 Å². The number of aromatic nitrogens is 2. The summed E-state index contributed by atoms with van der Waals surface area (Å²) in [7, 11) is 0. The fraction of sp³-hybridized carbons (Fsp3) is 0.556. The SMILES string of the molecule is C=CCOC(=O)CCC(NC(=O)C1CCCNN1C(=O)CCNC(=O)CC(C)C)C(=O)COC(=O)c1cnccn1. The molecule has 1 aliphatic rings. The monoisotopic (exact) mass is 574 g/mol. The summed E-state index contributed by atoms with van der Waals surface area (Å²) in [6.07, 6.45) is 6.14. The van der Waals surface area contributed by atoms with E-state index < -0.39 is 48.2 Å². The van der Waals surface area contributed by atoms with Gasteiger partial charge in [0.1, 0.15) is 12.6 Å². The van der Waals surface area contributed by atoms with E-state index in [-0.39, 0.29) is 49.9 Å². The van der Waals surface area contributed by atoms with Gasteiger partial charge in [-0.3, -0.25) is 34.0 Å². The third-order valence-electron chi connectivity index (χ3n) is 5.90. The highest BCUT2D eigenvalue weighted by atomic mass is 16.5. The smallest absolute Gasteiger partial charge is 0.358 e. The molecule has 1 saturated heterocycles. The number of rotatable bonds is 16. The van der Waals surface area contributed by atoms with Crippen molar-refractivity contribution >= 4 is 35.4 Å². The van der Waals surface area contributed by atoms with Gasteiger partial charge in [0.25, 0.3) is 0 Å². The number of nitrogens with zero attached hydrogens (tertiary/aromatic N) is 3. The van der Waals surface area contributed by atoms with Gasteiger partial charge in [0, 0.05) is 44.7 Å². The quantitative estimate of drug-likeness (QED) is 0.181. The number of esters is 2. The fourth-order valence-corrected chi connectivity index (χ4v) is 3.90. The van der Waals surface area contributed by atoms with Crippen LogP contribution in [0.3, 0.4) is 0 Å². The number of nitrogens with one attached hydrogen (secondary N) is 3. The summed E-state index contributed by atoms with van der Waals surface area (Å²) in [6.45, 7) is 7.17. The number of ether oxygens (including phenoxy) is 2. The second-order valence-electron chi connectivity index (χ2n) is 9.73. The lowest BCUT2D eigenvalue weighted by Crippen LogP contribution is -2.60. The Morgan fingerprint density at radius 2 is 1.95 bits per heavy atom. The zero-order valence-corrected chi connectivity index (χ0v) is 23.4. The molecule has 0 spiro atoms. The molecule has 0 aromatic carbocycles. The lowest BCUT2D eigenvalue weighted by molar-refractivity contribution is -0.147. The number of carbonyl (C=O) groups is 6. The second kappa shape index (κ2) is 17.5. The van der Waals surface area contributed by atoms with Gasteiger partial charge < -0.3 is 20.1 Å².